The fraction of sp³-hybridized carbons (Fsp3) is 0.440. The Morgan fingerprint density at radius 3 is 2.48 bits per heavy atom. The molecular formula is C25H33N3O3. The number of ether oxygens (including phenoxy) is 1. The van der Waals surface area contributed by atoms with Crippen LogP contribution in [0.4, 0.5) is 11.4 Å². The molecule has 166 valence electrons. The van der Waals surface area contributed by atoms with E-state index in [-0.39, 0.29) is 11.8 Å². The number of hydrogen-bond donors (Lipinski definition) is 2. The molecule has 0 radical (unpaired) electrons. The van der Waals surface area contributed by atoms with Crippen LogP contribution < -0.4 is 20.3 Å². The van der Waals surface area contributed by atoms with Crippen molar-refractivity contribution in [3.8, 4) is 5.75 Å². The molecule has 2 aromatic rings. The average molecular weight is 424 g/mol. The molecule has 1 aliphatic heterocycles. The number of benzene rings is 2. The summed E-state index contributed by atoms with van der Waals surface area (Å²) in [4.78, 5) is 28.3. The lowest BCUT2D eigenvalue weighted by Gasteiger charge is -2.31. The van der Waals surface area contributed by atoms with Crippen molar-refractivity contribution in [3.05, 3.63) is 54.6 Å². The van der Waals surface area contributed by atoms with E-state index in [0.717, 1.165) is 30.9 Å². The molecular weight excluding hydrogens is 390 g/mol. The number of hydrogen-bond acceptors (Lipinski definition) is 4. The van der Waals surface area contributed by atoms with Crippen molar-refractivity contribution in [1.29, 1.82) is 0 Å². The van der Waals surface area contributed by atoms with E-state index >= 15 is 0 Å². The number of amides is 2. The van der Waals surface area contributed by atoms with Gasteiger partial charge in [-0.15, -0.1) is 0 Å². The van der Waals surface area contributed by atoms with Gasteiger partial charge in [-0.2, -0.15) is 0 Å². The van der Waals surface area contributed by atoms with Gasteiger partial charge in [-0.1, -0.05) is 37.6 Å². The van der Waals surface area contributed by atoms with Crippen LogP contribution in [-0.2, 0) is 9.59 Å². The molecule has 0 aliphatic carbocycles. The first-order chi connectivity index (χ1) is 14.9. The van der Waals surface area contributed by atoms with Gasteiger partial charge in [0.15, 0.2) is 6.10 Å². The molecule has 2 N–H and O–H groups in total. The van der Waals surface area contributed by atoms with Crippen molar-refractivity contribution in [2.24, 2.45) is 0 Å². The molecule has 1 fully saturated rings. The third-order valence-corrected chi connectivity index (χ3v) is 5.65. The summed E-state index contributed by atoms with van der Waals surface area (Å²) in [7, 11) is 0. The minimum absolute atomic E-state index is 0.229. The van der Waals surface area contributed by atoms with Gasteiger partial charge in [0.05, 0.1) is 0 Å². The van der Waals surface area contributed by atoms with Gasteiger partial charge in [0.1, 0.15) is 11.3 Å². The molecule has 0 bridgehead atoms. The fourth-order valence-electron chi connectivity index (χ4n) is 3.89. The Labute approximate surface area is 185 Å². The lowest BCUT2D eigenvalue weighted by molar-refractivity contribution is -0.134. The zero-order valence-electron chi connectivity index (χ0n) is 18.7. The summed E-state index contributed by atoms with van der Waals surface area (Å²) in [5.74, 6) is 0.0690. The monoisotopic (exact) mass is 423 g/mol. The van der Waals surface area contributed by atoms with Crippen molar-refractivity contribution in [2.45, 2.75) is 58.1 Å². The van der Waals surface area contributed by atoms with Crippen LogP contribution in [0, 0.1) is 0 Å². The molecule has 6 nitrogen and oxygen atoms in total. The maximum atomic E-state index is 13.2. The molecule has 6 heteroatoms. The molecule has 0 aromatic heterocycles. The topological polar surface area (TPSA) is 70.7 Å². The van der Waals surface area contributed by atoms with Crippen LogP contribution in [0.15, 0.2) is 54.6 Å². The van der Waals surface area contributed by atoms with Gasteiger partial charge in [-0.3, -0.25) is 9.59 Å². The Morgan fingerprint density at radius 1 is 1.10 bits per heavy atom. The van der Waals surface area contributed by atoms with Crippen molar-refractivity contribution >= 4 is 23.2 Å². The van der Waals surface area contributed by atoms with Crippen LogP contribution in [0.3, 0.4) is 0 Å². The maximum Gasteiger partial charge on any atom is 0.261 e. The smallest absolute Gasteiger partial charge is 0.261 e. The Morgan fingerprint density at radius 2 is 1.81 bits per heavy atom. The molecule has 2 amide bonds. The van der Waals surface area contributed by atoms with E-state index in [1.807, 2.05) is 43.3 Å². The standard InChI is InChI=1S/C25H33N3O3/c1-4-15-25(3,27-23(29)19(2)31-22-13-6-5-7-14-22)24(30)26-20-11-10-12-21(18-20)28-16-8-9-17-28/h5-7,10-14,18-19H,4,8-9,15-17H2,1-3H3,(H,26,30)(H,27,29)/t19-,25-/m0/s1. The highest BCUT2D eigenvalue weighted by atomic mass is 16.5. The molecule has 1 aliphatic rings. The minimum atomic E-state index is -1.04. The lowest BCUT2D eigenvalue weighted by Crippen LogP contribution is -2.57. The Hall–Kier alpha value is -3.02. The predicted octanol–water partition coefficient (Wildman–Crippen LogP) is 4.37. The van der Waals surface area contributed by atoms with E-state index in [0.29, 0.717) is 12.2 Å². The lowest BCUT2D eigenvalue weighted by atomic mass is 9.94. The van der Waals surface area contributed by atoms with E-state index in [9.17, 15) is 9.59 Å². The highest BCUT2D eigenvalue weighted by Gasteiger charge is 2.35. The minimum Gasteiger partial charge on any atom is -0.481 e. The van der Waals surface area contributed by atoms with Crippen LogP contribution in [0.1, 0.15) is 46.5 Å². The molecule has 2 atom stereocenters. The first-order valence-corrected chi connectivity index (χ1v) is 11.1. The molecule has 3 rings (SSSR count). The number of rotatable bonds is 9. The highest BCUT2D eigenvalue weighted by Crippen LogP contribution is 2.24. The first-order valence-electron chi connectivity index (χ1n) is 11.1. The van der Waals surface area contributed by atoms with Crippen LogP contribution >= 0.6 is 0 Å². The summed E-state index contributed by atoms with van der Waals surface area (Å²) < 4.78 is 5.72. The number of anilines is 2. The normalized spacial score (nSPS) is 16.3. The Kier molecular flexibility index (Phi) is 7.55. The second-order valence-electron chi connectivity index (χ2n) is 8.34. The summed E-state index contributed by atoms with van der Waals surface area (Å²) in [5.41, 5.74) is 0.810. The van der Waals surface area contributed by atoms with Crippen LogP contribution in [0.2, 0.25) is 0 Å². The van der Waals surface area contributed by atoms with E-state index < -0.39 is 11.6 Å². The second kappa shape index (κ2) is 10.3. The van der Waals surface area contributed by atoms with Crippen LogP contribution in [0.25, 0.3) is 0 Å². The van der Waals surface area contributed by atoms with Crippen LogP contribution in [0.5, 0.6) is 5.75 Å². The summed E-state index contributed by atoms with van der Waals surface area (Å²) >= 11 is 0. The molecule has 0 saturated carbocycles. The largest absolute Gasteiger partial charge is 0.481 e. The van der Waals surface area contributed by atoms with E-state index in [1.54, 1.807) is 26.0 Å². The van der Waals surface area contributed by atoms with Gasteiger partial charge < -0.3 is 20.3 Å². The van der Waals surface area contributed by atoms with Gasteiger partial charge in [-0.05, 0) is 63.4 Å². The molecule has 31 heavy (non-hydrogen) atoms. The maximum absolute atomic E-state index is 13.2. The van der Waals surface area contributed by atoms with Gasteiger partial charge in [0.25, 0.3) is 5.91 Å². The van der Waals surface area contributed by atoms with Gasteiger partial charge in [-0.25, -0.2) is 0 Å². The molecule has 0 spiro atoms. The predicted molar refractivity (Wildman–Crippen MR) is 125 cm³/mol. The number of nitrogens with zero attached hydrogens (tertiary/aromatic N) is 1. The zero-order valence-corrected chi connectivity index (χ0v) is 18.7. The third-order valence-electron chi connectivity index (χ3n) is 5.65. The van der Waals surface area contributed by atoms with Crippen molar-refractivity contribution in [2.75, 3.05) is 23.3 Å². The summed E-state index contributed by atoms with van der Waals surface area (Å²) in [6.07, 6.45) is 2.95. The number of para-hydroxylation sites is 1. The van der Waals surface area contributed by atoms with Crippen molar-refractivity contribution in [1.82, 2.24) is 5.32 Å². The first kappa shape index (κ1) is 22.7. The molecule has 1 saturated heterocycles. The number of carbonyl (C=O) groups is 2. The summed E-state index contributed by atoms with van der Waals surface area (Å²) in [6.45, 7) is 7.53. The van der Waals surface area contributed by atoms with Crippen molar-refractivity contribution in [3.63, 3.8) is 0 Å². The third kappa shape index (κ3) is 6.00. The van der Waals surface area contributed by atoms with Gasteiger partial charge in [0, 0.05) is 24.5 Å². The second-order valence-corrected chi connectivity index (χ2v) is 8.34. The summed E-state index contributed by atoms with van der Waals surface area (Å²) in [6, 6.07) is 17.1. The Balaban J connectivity index is 1.67. The molecule has 2 aromatic carbocycles. The van der Waals surface area contributed by atoms with Crippen molar-refractivity contribution < 1.29 is 14.3 Å². The molecule has 1 heterocycles. The number of carbonyl (C=O) groups excluding carboxylic acids is 2. The van der Waals surface area contributed by atoms with E-state index in [2.05, 4.69) is 21.6 Å². The zero-order chi connectivity index (χ0) is 22.3. The van der Waals surface area contributed by atoms with Gasteiger partial charge in [0.2, 0.25) is 5.91 Å². The fourth-order valence-corrected chi connectivity index (χ4v) is 3.89. The SMILES string of the molecule is CCC[C@](C)(NC(=O)[C@H](C)Oc1ccccc1)C(=O)Nc1cccc(N2CCCC2)c1. The highest BCUT2D eigenvalue weighted by molar-refractivity contribution is 6.01. The molecule has 0 unspecified atom stereocenters. The quantitative estimate of drug-likeness (QED) is 0.628. The van der Waals surface area contributed by atoms with E-state index in [1.165, 1.54) is 12.8 Å². The Bertz CT molecular complexity index is 881. The average Bonchev–Trinajstić information content (AvgIpc) is 3.30. The van der Waals surface area contributed by atoms with Crippen LogP contribution in [-0.4, -0.2) is 36.5 Å². The number of nitrogens with one attached hydrogen (secondary N) is 2. The van der Waals surface area contributed by atoms with E-state index in [4.69, 9.17) is 4.74 Å². The van der Waals surface area contributed by atoms with Gasteiger partial charge >= 0.3 is 0 Å². The summed E-state index contributed by atoms with van der Waals surface area (Å²) in [5, 5.41) is 5.92.